The minimum absolute atomic E-state index is 0.00358. The van der Waals surface area contributed by atoms with Gasteiger partial charge >= 0.3 is 11.9 Å². The number of ether oxygens (including phenoxy) is 3. The number of carbonyl (C=O) groups excluding carboxylic acids is 2. The second-order valence-corrected chi connectivity index (χ2v) is 22.8. The van der Waals surface area contributed by atoms with Crippen molar-refractivity contribution < 1.29 is 32.7 Å². The Kier molecular flexibility index (Phi) is 12.8. The van der Waals surface area contributed by atoms with Crippen molar-refractivity contribution in [1.82, 2.24) is 0 Å². The summed E-state index contributed by atoms with van der Waals surface area (Å²) in [6.07, 6.45) is 8.20. The van der Waals surface area contributed by atoms with Crippen LogP contribution in [-0.2, 0) is 27.9 Å². The van der Waals surface area contributed by atoms with Gasteiger partial charge in [0, 0.05) is 23.7 Å². The summed E-state index contributed by atoms with van der Waals surface area (Å²) in [5, 5.41) is 0. The third-order valence-electron chi connectivity index (χ3n) is 11.1. The highest BCUT2D eigenvalue weighted by molar-refractivity contribution is 6.49. The predicted octanol–water partition coefficient (Wildman–Crippen LogP) is 8.68. The number of hydrogen-bond acceptors (Lipinski definition) is 7. The zero-order valence-electron chi connectivity index (χ0n) is 33.2. The number of esters is 2. The lowest BCUT2D eigenvalue weighted by Gasteiger charge is -2.55. The van der Waals surface area contributed by atoms with Gasteiger partial charge in [-0.05, 0) is 86.3 Å². The standard InChI is InChI=1S/C41H66O7Si2/c1-27(2)35(45-31-17-15-14-16-18-31)36(42)46-32-26-30(38(4,5)6)25-29-20-19-28(3)40(34(29)32,47-49(10)11)22-23-41(48-50(12)13)33(39(7,8)9)21-24-44-37(41)43/h14-20,25,27-28,30,32-35,49-50H,21-24,26H2,1-13H3/t28-,30+,32-,33?,34+,35?,40-,41?/m0/s1. The Labute approximate surface area is 306 Å². The van der Waals surface area contributed by atoms with E-state index in [-0.39, 0.29) is 52.4 Å². The Morgan fingerprint density at radius 3 is 2.16 bits per heavy atom. The highest BCUT2D eigenvalue weighted by Crippen LogP contribution is 2.54. The van der Waals surface area contributed by atoms with Gasteiger partial charge < -0.3 is 23.1 Å². The van der Waals surface area contributed by atoms with E-state index in [9.17, 15) is 9.59 Å². The lowest BCUT2D eigenvalue weighted by molar-refractivity contribution is -0.192. The van der Waals surface area contributed by atoms with Crippen molar-refractivity contribution in [2.45, 2.75) is 138 Å². The van der Waals surface area contributed by atoms with Crippen molar-refractivity contribution >= 4 is 30.0 Å². The fourth-order valence-electron chi connectivity index (χ4n) is 8.73. The van der Waals surface area contributed by atoms with Gasteiger partial charge in [0.15, 0.2) is 29.8 Å². The van der Waals surface area contributed by atoms with E-state index in [1.807, 2.05) is 44.2 Å². The van der Waals surface area contributed by atoms with Crippen molar-refractivity contribution in [3.05, 3.63) is 54.1 Å². The fraction of sp³-hybridized carbons (Fsp3) is 0.707. The van der Waals surface area contributed by atoms with Crippen LogP contribution in [0.4, 0.5) is 0 Å². The van der Waals surface area contributed by atoms with Crippen LogP contribution in [0.3, 0.4) is 0 Å². The van der Waals surface area contributed by atoms with E-state index in [2.05, 4.69) is 92.9 Å². The average molecular weight is 727 g/mol. The number of fused-ring (bicyclic) bond motifs is 1. The van der Waals surface area contributed by atoms with Crippen LogP contribution in [0.1, 0.15) is 88.0 Å². The molecular weight excluding hydrogens is 661 g/mol. The Morgan fingerprint density at radius 2 is 1.60 bits per heavy atom. The molecule has 1 saturated heterocycles. The van der Waals surface area contributed by atoms with Crippen molar-refractivity contribution in [2.75, 3.05) is 6.61 Å². The SMILES string of the molecule is CC(C)C(Oc1ccccc1)C(=O)O[C@H]1C[C@H](C(C)(C)C)C=C2C=C[C@H](C)[C@](CCC3(O[SiH](C)C)C(=O)OCCC3C(C)(C)C)(O[SiH](C)C)[C@H]21. The van der Waals surface area contributed by atoms with Crippen molar-refractivity contribution in [2.24, 2.45) is 40.4 Å². The third-order valence-corrected chi connectivity index (χ3v) is 12.9. The molecule has 0 saturated carbocycles. The van der Waals surface area contributed by atoms with E-state index in [4.69, 9.17) is 23.1 Å². The van der Waals surface area contributed by atoms with Gasteiger partial charge in [-0.1, -0.05) is 98.7 Å². The Hall–Kier alpha value is -2.21. The average Bonchev–Trinajstić information content (AvgIpc) is 3.00. The smallest absolute Gasteiger partial charge is 0.347 e. The highest BCUT2D eigenvalue weighted by Gasteiger charge is 2.59. The van der Waals surface area contributed by atoms with Crippen molar-refractivity contribution in [1.29, 1.82) is 0 Å². The van der Waals surface area contributed by atoms with Gasteiger partial charge in [0.25, 0.3) is 0 Å². The Balaban J connectivity index is 1.82. The summed E-state index contributed by atoms with van der Waals surface area (Å²) in [6, 6.07) is 9.50. The summed E-state index contributed by atoms with van der Waals surface area (Å²) < 4.78 is 33.1. The van der Waals surface area contributed by atoms with Gasteiger partial charge in [-0.15, -0.1) is 0 Å². The Morgan fingerprint density at radius 1 is 0.960 bits per heavy atom. The van der Waals surface area contributed by atoms with Crippen LogP contribution in [0.15, 0.2) is 54.1 Å². The molecule has 0 bridgehead atoms. The first-order chi connectivity index (χ1) is 23.2. The van der Waals surface area contributed by atoms with Crippen LogP contribution in [0, 0.1) is 40.4 Å². The van der Waals surface area contributed by atoms with Gasteiger partial charge in [0.05, 0.1) is 12.2 Å². The molecule has 280 valence electrons. The minimum atomic E-state index is -1.68. The number of cyclic esters (lactones) is 1. The maximum atomic E-state index is 14.3. The van der Waals surface area contributed by atoms with E-state index in [0.717, 1.165) is 12.0 Å². The third kappa shape index (κ3) is 8.87. The van der Waals surface area contributed by atoms with Crippen molar-refractivity contribution in [3.8, 4) is 5.75 Å². The number of benzene rings is 1. The summed E-state index contributed by atoms with van der Waals surface area (Å²) in [4.78, 5) is 28.3. The molecule has 0 amide bonds. The largest absolute Gasteiger partial charge is 0.478 e. The molecule has 0 N–H and O–H groups in total. The molecule has 3 unspecified atom stereocenters. The zero-order valence-corrected chi connectivity index (χ0v) is 35.5. The molecule has 0 spiro atoms. The molecule has 7 nitrogen and oxygen atoms in total. The molecule has 50 heavy (non-hydrogen) atoms. The topological polar surface area (TPSA) is 80.3 Å². The number of rotatable bonds is 12. The minimum Gasteiger partial charge on any atom is -0.478 e. The molecule has 3 aliphatic rings. The maximum absolute atomic E-state index is 14.3. The second-order valence-electron chi connectivity index (χ2n) is 18.1. The van der Waals surface area contributed by atoms with Crippen LogP contribution in [-0.4, -0.2) is 60.0 Å². The first-order valence-corrected chi connectivity index (χ1v) is 24.6. The molecule has 4 rings (SSSR count). The van der Waals surface area contributed by atoms with E-state index < -0.39 is 41.5 Å². The van der Waals surface area contributed by atoms with Gasteiger partial charge in [-0.25, -0.2) is 9.59 Å². The highest BCUT2D eigenvalue weighted by atomic mass is 28.3. The lowest BCUT2D eigenvalue weighted by Crippen LogP contribution is -2.62. The van der Waals surface area contributed by atoms with Crippen LogP contribution in [0.25, 0.3) is 0 Å². The van der Waals surface area contributed by atoms with Crippen LogP contribution >= 0.6 is 0 Å². The van der Waals surface area contributed by atoms with Crippen LogP contribution in [0.5, 0.6) is 5.75 Å². The zero-order chi connectivity index (χ0) is 37.2. The monoisotopic (exact) mass is 726 g/mol. The van der Waals surface area contributed by atoms with Crippen LogP contribution in [0.2, 0.25) is 26.2 Å². The molecule has 1 aromatic carbocycles. The molecule has 9 heteroatoms. The van der Waals surface area contributed by atoms with Gasteiger partial charge in [0.1, 0.15) is 11.9 Å². The Bertz CT molecular complexity index is 1380. The maximum Gasteiger partial charge on any atom is 0.347 e. The quantitative estimate of drug-likeness (QED) is 0.158. The molecular formula is C41H66O7Si2. The van der Waals surface area contributed by atoms with E-state index in [0.29, 0.717) is 31.6 Å². The molecule has 1 aliphatic heterocycles. The normalized spacial score (nSPS) is 30.9. The molecule has 2 aliphatic carbocycles. The lowest BCUT2D eigenvalue weighted by atomic mass is 9.58. The number of para-hydroxylation sites is 1. The van der Waals surface area contributed by atoms with Crippen molar-refractivity contribution in [3.63, 3.8) is 0 Å². The molecule has 8 atom stereocenters. The summed E-state index contributed by atoms with van der Waals surface area (Å²) >= 11 is 0. The number of allylic oxidation sites excluding steroid dienone is 2. The molecule has 1 aromatic rings. The first-order valence-electron chi connectivity index (χ1n) is 19.1. The van der Waals surface area contributed by atoms with Crippen LogP contribution < -0.4 is 4.74 Å². The van der Waals surface area contributed by atoms with E-state index in [1.54, 1.807) is 0 Å². The number of hydrogen-bond donors (Lipinski definition) is 0. The second kappa shape index (κ2) is 15.8. The summed E-state index contributed by atoms with van der Waals surface area (Å²) in [7, 11) is -3.36. The van der Waals surface area contributed by atoms with E-state index >= 15 is 0 Å². The fourth-order valence-corrected chi connectivity index (χ4v) is 11.3. The van der Waals surface area contributed by atoms with Gasteiger partial charge in [-0.2, -0.15) is 0 Å². The predicted molar refractivity (Wildman–Crippen MR) is 206 cm³/mol. The molecule has 0 radical (unpaired) electrons. The molecule has 0 aromatic heterocycles. The van der Waals surface area contributed by atoms with E-state index in [1.165, 1.54) is 0 Å². The summed E-state index contributed by atoms with van der Waals surface area (Å²) in [5.74, 6) is -0.0755. The number of carbonyl (C=O) groups is 2. The molecule has 1 heterocycles. The summed E-state index contributed by atoms with van der Waals surface area (Å²) in [6.45, 7) is 28.7. The van der Waals surface area contributed by atoms with Gasteiger partial charge in [-0.3, -0.25) is 0 Å². The van der Waals surface area contributed by atoms with Gasteiger partial charge in [0.2, 0.25) is 0 Å². The summed E-state index contributed by atoms with van der Waals surface area (Å²) in [5.41, 5.74) is -0.826. The molecule has 1 fully saturated rings. The first kappa shape index (κ1) is 40.6.